The van der Waals surface area contributed by atoms with Gasteiger partial charge < -0.3 is 15.1 Å². The second-order valence-corrected chi connectivity index (χ2v) is 7.41. The number of nitrogens with one attached hydrogen (secondary N) is 1. The third kappa shape index (κ3) is 4.54. The normalized spacial score (nSPS) is 21.0. The lowest BCUT2D eigenvalue weighted by molar-refractivity contribution is -0.137. The van der Waals surface area contributed by atoms with Gasteiger partial charge in [-0.2, -0.15) is 13.2 Å². The fourth-order valence-electron chi connectivity index (χ4n) is 4.02. The van der Waals surface area contributed by atoms with Crippen molar-refractivity contribution in [3.8, 4) is 0 Å². The van der Waals surface area contributed by atoms with E-state index in [4.69, 9.17) is 0 Å². The van der Waals surface area contributed by atoms with E-state index in [1.165, 1.54) is 30.1 Å². The van der Waals surface area contributed by atoms with Crippen LogP contribution in [0.15, 0.2) is 24.3 Å². The molecule has 3 amide bonds. The Bertz CT molecular complexity index is 702. The summed E-state index contributed by atoms with van der Waals surface area (Å²) in [5.74, 6) is 0.120. The lowest BCUT2D eigenvalue weighted by Gasteiger charge is -2.25. The largest absolute Gasteiger partial charge is 0.418 e. The molecule has 0 aromatic heterocycles. The van der Waals surface area contributed by atoms with Crippen molar-refractivity contribution in [3.05, 3.63) is 29.8 Å². The Balaban J connectivity index is 1.58. The van der Waals surface area contributed by atoms with Gasteiger partial charge in [-0.1, -0.05) is 25.0 Å². The van der Waals surface area contributed by atoms with E-state index in [-0.39, 0.29) is 17.5 Å². The Morgan fingerprint density at radius 1 is 1.26 bits per heavy atom. The molecule has 1 aliphatic heterocycles. The Morgan fingerprint density at radius 2 is 1.93 bits per heavy atom. The van der Waals surface area contributed by atoms with Crippen LogP contribution in [0.1, 0.15) is 37.7 Å². The van der Waals surface area contributed by atoms with Gasteiger partial charge in [-0.3, -0.25) is 4.79 Å². The molecule has 1 N–H and O–H groups in total. The van der Waals surface area contributed by atoms with Crippen LogP contribution in [-0.4, -0.2) is 47.9 Å². The van der Waals surface area contributed by atoms with Crippen LogP contribution in [0, 0.1) is 5.92 Å². The molecule has 2 fully saturated rings. The number of urea groups is 1. The SMILES string of the molecule is CN(C[C@H]1CC(=O)N(C2CCCC2)C1)C(=O)Nc1ccccc1C(F)(F)F. The molecule has 1 heterocycles. The van der Waals surface area contributed by atoms with E-state index >= 15 is 0 Å². The number of rotatable bonds is 4. The van der Waals surface area contributed by atoms with E-state index in [1.807, 2.05) is 4.90 Å². The van der Waals surface area contributed by atoms with Crippen LogP contribution in [-0.2, 0) is 11.0 Å². The summed E-state index contributed by atoms with van der Waals surface area (Å²) < 4.78 is 39.2. The number of benzene rings is 1. The second kappa shape index (κ2) is 7.78. The average Bonchev–Trinajstić information content (AvgIpc) is 3.23. The number of halogens is 3. The van der Waals surface area contributed by atoms with E-state index in [0.717, 1.165) is 31.7 Å². The number of hydrogen-bond donors (Lipinski definition) is 1. The summed E-state index contributed by atoms with van der Waals surface area (Å²) in [7, 11) is 1.54. The topological polar surface area (TPSA) is 52.7 Å². The summed E-state index contributed by atoms with van der Waals surface area (Å²) in [6, 6.07) is 4.59. The molecule has 0 spiro atoms. The first-order chi connectivity index (χ1) is 12.8. The van der Waals surface area contributed by atoms with E-state index in [0.29, 0.717) is 25.6 Å². The number of hydrogen-bond acceptors (Lipinski definition) is 2. The molecule has 1 aliphatic carbocycles. The lowest BCUT2D eigenvalue weighted by atomic mass is 10.1. The van der Waals surface area contributed by atoms with Gasteiger partial charge in [-0.05, 0) is 25.0 Å². The van der Waals surface area contributed by atoms with Crippen LogP contribution in [0.25, 0.3) is 0 Å². The molecular formula is C19H24F3N3O2. The average molecular weight is 383 g/mol. The molecule has 0 radical (unpaired) electrons. The summed E-state index contributed by atoms with van der Waals surface area (Å²) in [6.45, 7) is 0.940. The standard InChI is InChI=1S/C19H24F3N3O2/c1-24(11-13-10-17(26)25(12-13)14-6-2-3-7-14)18(27)23-16-9-5-4-8-15(16)19(20,21)22/h4-5,8-9,13-14H,2-3,6-7,10-12H2,1H3,(H,23,27)/t13-/m1/s1. The smallest absolute Gasteiger partial charge is 0.339 e. The zero-order chi connectivity index (χ0) is 19.6. The van der Waals surface area contributed by atoms with Crippen molar-refractivity contribution in [2.24, 2.45) is 5.92 Å². The van der Waals surface area contributed by atoms with Crippen molar-refractivity contribution in [1.29, 1.82) is 0 Å². The maximum absolute atomic E-state index is 13.1. The van der Waals surface area contributed by atoms with Gasteiger partial charge in [0.1, 0.15) is 0 Å². The number of carbonyl (C=O) groups is 2. The number of alkyl halides is 3. The molecule has 0 bridgehead atoms. The van der Waals surface area contributed by atoms with Crippen molar-refractivity contribution in [3.63, 3.8) is 0 Å². The van der Waals surface area contributed by atoms with Gasteiger partial charge >= 0.3 is 12.2 Å². The number of carbonyl (C=O) groups excluding carboxylic acids is 2. The van der Waals surface area contributed by atoms with E-state index in [9.17, 15) is 22.8 Å². The highest BCUT2D eigenvalue weighted by Gasteiger charge is 2.37. The molecule has 1 aromatic carbocycles. The molecule has 1 saturated heterocycles. The van der Waals surface area contributed by atoms with E-state index in [1.54, 1.807) is 0 Å². The Hall–Kier alpha value is -2.25. The van der Waals surface area contributed by atoms with E-state index < -0.39 is 17.8 Å². The maximum atomic E-state index is 13.1. The molecule has 5 nitrogen and oxygen atoms in total. The molecule has 1 aromatic rings. The third-order valence-electron chi connectivity index (χ3n) is 5.36. The fourth-order valence-corrected chi connectivity index (χ4v) is 4.02. The predicted molar refractivity (Wildman–Crippen MR) is 95.2 cm³/mol. The number of anilines is 1. The first-order valence-electron chi connectivity index (χ1n) is 9.23. The Labute approximate surface area is 156 Å². The van der Waals surface area contributed by atoms with Crippen molar-refractivity contribution >= 4 is 17.6 Å². The highest BCUT2D eigenvalue weighted by molar-refractivity contribution is 5.90. The summed E-state index contributed by atoms with van der Waals surface area (Å²) in [4.78, 5) is 27.9. The first kappa shape index (κ1) is 19.5. The molecule has 2 aliphatic rings. The van der Waals surface area contributed by atoms with Crippen molar-refractivity contribution in [2.75, 3.05) is 25.5 Å². The number of amides is 3. The Morgan fingerprint density at radius 3 is 2.59 bits per heavy atom. The van der Waals surface area contributed by atoms with Gasteiger partial charge in [0.15, 0.2) is 0 Å². The number of para-hydroxylation sites is 1. The minimum Gasteiger partial charge on any atom is -0.339 e. The first-order valence-corrected chi connectivity index (χ1v) is 9.23. The zero-order valence-electron chi connectivity index (χ0n) is 15.3. The zero-order valence-corrected chi connectivity index (χ0v) is 15.3. The molecule has 1 atom stereocenters. The minimum absolute atomic E-state index is 0.00621. The summed E-state index contributed by atoms with van der Waals surface area (Å²) in [5, 5.41) is 2.34. The van der Waals surface area contributed by atoms with Crippen LogP contribution in [0.2, 0.25) is 0 Å². The molecule has 148 valence electrons. The van der Waals surface area contributed by atoms with Gasteiger partial charge in [-0.25, -0.2) is 4.79 Å². The lowest BCUT2D eigenvalue weighted by Crippen LogP contribution is -2.38. The van der Waals surface area contributed by atoms with Gasteiger partial charge in [-0.15, -0.1) is 0 Å². The molecule has 8 heteroatoms. The molecule has 27 heavy (non-hydrogen) atoms. The minimum atomic E-state index is -4.54. The summed E-state index contributed by atoms with van der Waals surface area (Å²) in [6.07, 6.45) is 0.182. The fraction of sp³-hybridized carbons (Fsp3) is 0.579. The van der Waals surface area contributed by atoms with Crippen LogP contribution in [0.3, 0.4) is 0 Å². The highest BCUT2D eigenvalue weighted by atomic mass is 19.4. The van der Waals surface area contributed by atoms with Crippen LogP contribution < -0.4 is 5.32 Å². The predicted octanol–water partition coefficient (Wildman–Crippen LogP) is 3.96. The van der Waals surface area contributed by atoms with Crippen molar-refractivity contribution in [1.82, 2.24) is 9.80 Å². The maximum Gasteiger partial charge on any atom is 0.418 e. The quantitative estimate of drug-likeness (QED) is 0.856. The highest BCUT2D eigenvalue weighted by Crippen LogP contribution is 2.35. The summed E-state index contributed by atoms with van der Waals surface area (Å²) >= 11 is 0. The van der Waals surface area contributed by atoms with Gasteiger partial charge in [0.05, 0.1) is 11.3 Å². The Kier molecular flexibility index (Phi) is 5.62. The van der Waals surface area contributed by atoms with Crippen LogP contribution in [0.5, 0.6) is 0 Å². The number of nitrogens with zero attached hydrogens (tertiary/aromatic N) is 2. The molecule has 3 rings (SSSR count). The molecule has 0 unspecified atom stereocenters. The summed E-state index contributed by atoms with van der Waals surface area (Å²) in [5.41, 5.74) is -1.15. The number of likely N-dealkylation sites (tertiary alicyclic amines) is 1. The van der Waals surface area contributed by atoms with Crippen molar-refractivity contribution < 1.29 is 22.8 Å². The second-order valence-electron chi connectivity index (χ2n) is 7.41. The third-order valence-corrected chi connectivity index (χ3v) is 5.36. The molecule has 1 saturated carbocycles. The van der Waals surface area contributed by atoms with Crippen LogP contribution >= 0.6 is 0 Å². The van der Waals surface area contributed by atoms with E-state index in [2.05, 4.69) is 5.32 Å². The van der Waals surface area contributed by atoms with Gasteiger partial charge in [0, 0.05) is 38.5 Å². The van der Waals surface area contributed by atoms with Crippen LogP contribution in [0.4, 0.5) is 23.7 Å². The van der Waals surface area contributed by atoms with Crippen molar-refractivity contribution in [2.45, 2.75) is 44.3 Å². The monoisotopic (exact) mass is 383 g/mol. The van der Waals surface area contributed by atoms with Gasteiger partial charge in [0.2, 0.25) is 5.91 Å². The molecular weight excluding hydrogens is 359 g/mol. The van der Waals surface area contributed by atoms with Gasteiger partial charge in [0.25, 0.3) is 0 Å².